The highest BCUT2D eigenvalue weighted by Gasteiger charge is 2.32. The number of pyridine rings is 2. The minimum absolute atomic E-state index is 0.647. The summed E-state index contributed by atoms with van der Waals surface area (Å²) < 4.78 is 0. The lowest BCUT2D eigenvalue weighted by Crippen LogP contribution is -2.02. The van der Waals surface area contributed by atoms with E-state index >= 15 is 0 Å². The first-order valence-corrected chi connectivity index (χ1v) is 36.7. The molecule has 0 fully saturated rings. The van der Waals surface area contributed by atoms with E-state index in [0.717, 1.165) is 71.6 Å². The number of rotatable bonds is 7. The number of fused-ring (bicyclic) bond motifs is 16. The number of nitrogens with zero attached hydrogens (tertiary/aromatic N) is 8. The van der Waals surface area contributed by atoms with E-state index < -0.39 is 0 Å². The predicted molar refractivity (Wildman–Crippen MR) is 444 cm³/mol. The van der Waals surface area contributed by atoms with Crippen molar-refractivity contribution in [2.24, 2.45) is 0 Å². The van der Waals surface area contributed by atoms with Crippen molar-refractivity contribution in [1.82, 2.24) is 39.9 Å². The van der Waals surface area contributed by atoms with E-state index in [-0.39, 0.29) is 0 Å². The van der Waals surface area contributed by atoms with Crippen LogP contribution in [-0.4, -0.2) is 39.9 Å². The molecular weight excluding hydrogens is 1290 g/mol. The van der Waals surface area contributed by atoms with Gasteiger partial charge in [-0.05, 0) is 313 Å². The molecule has 0 unspecified atom stereocenters. The van der Waals surface area contributed by atoms with E-state index in [9.17, 15) is 0 Å². The molecule has 0 aliphatic rings. The van der Waals surface area contributed by atoms with Gasteiger partial charge >= 0.3 is 0 Å². The van der Waals surface area contributed by atoms with Crippen LogP contribution in [0.1, 0.15) is 57.2 Å². The normalized spacial score (nSPS) is 12.4. The van der Waals surface area contributed by atoms with E-state index in [1.54, 1.807) is 0 Å². The molecule has 0 aliphatic carbocycles. The molecule has 4 heterocycles. The average Bonchev–Trinajstić information content (AvgIpc) is 1.50. The van der Waals surface area contributed by atoms with Crippen LogP contribution in [0.25, 0.3) is 229 Å². The third-order valence-corrected chi connectivity index (χ3v) is 23.3. The second-order valence-corrected chi connectivity index (χ2v) is 29.9. The van der Waals surface area contributed by atoms with Crippen LogP contribution in [0, 0.1) is 69.2 Å². The number of hydrogen-bond donors (Lipinski definition) is 0. The minimum atomic E-state index is 0.647. The van der Waals surface area contributed by atoms with Crippen molar-refractivity contribution in [1.29, 1.82) is 0 Å². The first-order valence-electron chi connectivity index (χ1n) is 36.7. The first-order chi connectivity index (χ1) is 51.7. The lowest BCUT2D eigenvalue weighted by atomic mass is 9.83. The Kier molecular flexibility index (Phi) is 12.4. The van der Waals surface area contributed by atoms with Gasteiger partial charge in [-0.25, -0.2) is 29.9 Å². The molecule has 0 spiro atoms. The van der Waals surface area contributed by atoms with Gasteiger partial charge in [0.25, 0.3) is 0 Å². The second kappa shape index (κ2) is 21.8. The van der Waals surface area contributed by atoms with E-state index in [1.807, 2.05) is 27.7 Å². The second-order valence-electron chi connectivity index (χ2n) is 29.9. The molecule has 4 aromatic heterocycles. The van der Waals surface area contributed by atoms with Crippen LogP contribution < -0.4 is 0 Å². The molecule has 0 atom stereocenters. The topological polar surface area (TPSA) is 103 Å². The number of hydrogen-bond acceptors (Lipinski definition) is 8. The van der Waals surface area contributed by atoms with Crippen LogP contribution in [0.3, 0.4) is 0 Å². The molecule has 0 saturated heterocycles. The highest BCUT2D eigenvalue weighted by Crippen LogP contribution is 2.58. The summed E-state index contributed by atoms with van der Waals surface area (Å²) in [4.78, 5) is 40.6. The SMILES string of the molecule is Cc1cc(-c2c3cc4c5ccc(-c6cc(C)c(-c7ccc8c9c(-c%10nc(C)nc(C)n%10)c%10cc%11c%12ccccc%12c%12cccc(c%10c(-c%10nc(C)nc(C)n%10)c9c9cccc7c89)c%12%11)c(C)c6)cc5c5cccc(c3c(-c3cc(C)nc(C)c3)c3c6cccc7c(-c8ccccc8)ccc(c23)c76)c54)cc(C)n1. The Hall–Kier alpha value is -13.0. The summed E-state index contributed by atoms with van der Waals surface area (Å²) in [5, 5.41) is 33.7. The van der Waals surface area contributed by atoms with Gasteiger partial charge in [0.15, 0.2) is 11.6 Å². The Balaban J connectivity index is 0.771. The van der Waals surface area contributed by atoms with Crippen LogP contribution in [-0.2, 0) is 0 Å². The van der Waals surface area contributed by atoms with Gasteiger partial charge in [0.1, 0.15) is 23.3 Å². The zero-order chi connectivity index (χ0) is 71.1. The van der Waals surface area contributed by atoms with Gasteiger partial charge in [0.05, 0.1) is 0 Å². The van der Waals surface area contributed by atoms with Crippen molar-refractivity contribution in [3.63, 3.8) is 0 Å². The quantitative estimate of drug-likeness (QED) is 0.145. The van der Waals surface area contributed by atoms with Crippen molar-refractivity contribution in [2.45, 2.75) is 69.2 Å². The molecule has 22 aromatic rings. The van der Waals surface area contributed by atoms with Crippen molar-refractivity contribution in [3.05, 3.63) is 276 Å². The molecule has 18 aromatic carbocycles. The summed E-state index contributed by atoms with van der Waals surface area (Å²) in [6, 6.07) is 83.0. The molecule has 0 aliphatic heterocycles. The van der Waals surface area contributed by atoms with E-state index in [1.165, 1.54) is 180 Å². The van der Waals surface area contributed by atoms with Crippen LogP contribution in [0.2, 0.25) is 0 Å². The van der Waals surface area contributed by atoms with Gasteiger partial charge in [-0.15, -0.1) is 0 Å². The van der Waals surface area contributed by atoms with Crippen LogP contribution in [0.4, 0.5) is 0 Å². The Bertz CT molecular complexity index is 7580. The largest absolute Gasteiger partial charge is 0.258 e. The summed E-state index contributed by atoms with van der Waals surface area (Å²) in [5.74, 6) is 3.98. The molecule has 0 N–H and O–H groups in total. The van der Waals surface area contributed by atoms with Crippen LogP contribution >= 0.6 is 0 Å². The van der Waals surface area contributed by atoms with E-state index in [4.69, 9.17) is 39.9 Å². The fourth-order valence-corrected chi connectivity index (χ4v) is 19.8. The highest BCUT2D eigenvalue weighted by molar-refractivity contribution is 6.47. The fraction of sp³-hybridized carbons (Fsp3) is 0.102. The molecular formula is C98H66N8. The summed E-state index contributed by atoms with van der Waals surface area (Å²) in [7, 11) is 0. The van der Waals surface area contributed by atoms with Crippen molar-refractivity contribution >= 4 is 151 Å². The van der Waals surface area contributed by atoms with E-state index in [0.29, 0.717) is 34.9 Å². The van der Waals surface area contributed by atoms with Crippen LogP contribution in [0.15, 0.2) is 218 Å². The Morgan fingerprint density at radius 2 is 0.547 bits per heavy atom. The Morgan fingerprint density at radius 3 is 1.11 bits per heavy atom. The Labute approximate surface area is 610 Å². The molecule has 106 heavy (non-hydrogen) atoms. The minimum Gasteiger partial charge on any atom is -0.258 e. The van der Waals surface area contributed by atoms with Crippen molar-refractivity contribution < 1.29 is 0 Å². The third-order valence-electron chi connectivity index (χ3n) is 23.3. The molecule has 8 nitrogen and oxygen atoms in total. The molecule has 0 saturated carbocycles. The van der Waals surface area contributed by atoms with Gasteiger partial charge in [-0.2, -0.15) is 0 Å². The van der Waals surface area contributed by atoms with Crippen molar-refractivity contribution in [3.8, 4) is 78.4 Å². The van der Waals surface area contributed by atoms with E-state index in [2.05, 4.69) is 260 Å². The van der Waals surface area contributed by atoms with Crippen molar-refractivity contribution in [2.75, 3.05) is 0 Å². The maximum Gasteiger partial charge on any atom is 0.164 e. The zero-order valence-electron chi connectivity index (χ0n) is 60.4. The molecule has 0 amide bonds. The van der Waals surface area contributed by atoms with Gasteiger partial charge in [-0.1, -0.05) is 176 Å². The smallest absolute Gasteiger partial charge is 0.164 e. The van der Waals surface area contributed by atoms with Gasteiger partial charge in [0.2, 0.25) is 0 Å². The zero-order valence-corrected chi connectivity index (χ0v) is 60.4. The third kappa shape index (κ3) is 8.35. The first kappa shape index (κ1) is 60.5. The summed E-state index contributed by atoms with van der Waals surface area (Å²) in [6.07, 6.45) is 0. The Morgan fingerprint density at radius 1 is 0.170 bits per heavy atom. The average molecular weight is 1360 g/mol. The fourth-order valence-electron chi connectivity index (χ4n) is 19.8. The molecule has 0 bridgehead atoms. The maximum atomic E-state index is 5.27. The standard InChI is InChI=1S/C98H66N8/c1-47-38-59(39-48(2)82(47)70-35-37-76-86-68(70)26-18-31-74(86)94-93(76)95(97-103-53(7)101-54(8)104-97)81-46-78-64-23-15-14-22-63(64)67-25-17-29-72(87(67)78)90(81)96(94)98-105-55(9)102-56(10)106-98)58-32-33-65-77(44-58)69-27-19-28-71-88(69)79(65)45-80-83(60-40-49(3)99-50(4)41-60)91-75-36-34-62(57-20-12-11-13-21-57)66-24-16-30-73(85(66)75)92(91)84(89(71)80)61-42-51(5)100-52(6)43-61/h11-46H,1-10H3. The van der Waals surface area contributed by atoms with Crippen LogP contribution in [0.5, 0.6) is 0 Å². The highest BCUT2D eigenvalue weighted by atomic mass is 15.0. The lowest BCUT2D eigenvalue weighted by Gasteiger charge is -2.20. The van der Waals surface area contributed by atoms with Gasteiger partial charge < -0.3 is 0 Å². The molecule has 498 valence electrons. The summed E-state index contributed by atoms with van der Waals surface area (Å²) in [5.41, 5.74) is 20.4. The maximum absolute atomic E-state index is 5.27. The molecule has 8 heteroatoms. The monoisotopic (exact) mass is 1350 g/mol. The molecule has 22 rings (SSSR count). The molecule has 0 radical (unpaired) electrons. The predicted octanol–water partition coefficient (Wildman–Crippen LogP) is 25.5. The summed E-state index contributed by atoms with van der Waals surface area (Å²) >= 11 is 0. The number of aromatic nitrogens is 8. The van der Waals surface area contributed by atoms with Gasteiger partial charge in [0, 0.05) is 50.1 Å². The lowest BCUT2D eigenvalue weighted by molar-refractivity contribution is 0.929. The van der Waals surface area contributed by atoms with Gasteiger partial charge in [-0.3, -0.25) is 9.97 Å². The summed E-state index contributed by atoms with van der Waals surface area (Å²) in [6.45, 7) is 21.0. The number of aryl methyl sites for hydroxylation is 10. The number of benzene rings is 14.